The van der Waals surface area contributed by atoms with Crippen molar-refractivity contribution in [1.29, 1.82) is 0 Å². The van der Waals surface area contributed by atoms with Crippen molar-refractivity contribution in [2.45, 2.75) is 13.5 Å². The van der Waals surface area contributed by atoms with E-state index < -0.39 is 17.8 Å². The minimum atomic E-state index is -0.615. The molecule has 144 valence electrons. The number of nitrogens with zero attached hydrogens (tertiary/aromatic N) is 3. The van der Waals surface area contributed by atoms with Gasteiger partial charge in [-0.25, -0.2) is 14.0 Å². The van der Waals surface area contributed by atoms with Crippen molar-refractivity contribution in [3.63, 3.8) is 0 Å². The number of nitrogens with one attached hydrogen (secondary N) is 1. The van der Waals surface area contributed by atoms with Crippen LogP contribution >= 0.6 is 0 Å². The first kappa shape index (κ1) is 18.8. The lowest BCUT2D eigenvalue weighted by molar-refractivity contribution is 0.0600. The molecule has 0 spiro atoms. The van der Waals surface area contributed by atoms with Gasteiger partial charge in [0.15, 0.2) is 0 Å². The predicted molar refractivity (Wildman–Crippen MR) is 94.8 cm³/mol. The first-order chi connectivity index (χ1) is 13.0. The van der Waals surface area contributed by atoms with Gasteiger partial charge in [-0.2, -0.15) is 0 Å². The molecular formula is C18H21FN4O4. The molecule has 3 rings (SSSR count). The lowest BCUT2D eigenvalue weighted by Gasteiger charge is -2.34. The van der Waals surface area contributed by atoms with E-state index in [0.29, 0.717) is 32.7 Å². The van der Waals surface area contributed by atoms with Crippen LogP contribution in [0.1, 0.15) is 21.8 Å². The highest BCUT2D eigenvalue weighted by molar-refractivity contribution is 5.94. The highest BCUT2D eigenvalue weighted by Gasteiger charge is 2.23. The van der Waals surface area contributed by atoms with Gasteiger partial charge in [0.1, 0.15) is 11.6 Å². The zero-order valence-corrected chi connectivity index (χ0v) is 15.2. The van der Waals surface area contributed by atoms with Crippen molar-refractivity contribution in [2.75, 3.05) is 38.6 Å². The minimum Gasteiger partial charge on any atom is -0.465 e. The monoisotopic (exact) mass is 376 g/mol. The second kappa shape index (κ2) is 8.17. The minimum absolute atomic E-state index is 0.0524. The van der Waals surface area contributed by atoms with Crippen LogP contribution in [0.15, 0.2) is 28.8 Å². The number of carbonyl (C=O) groups is 2. The van der Waals surface area contributed by atoms with Gasteiger partial charge >= 0.3 is 12.0 Å². The van der Waals surface area contributed by atoms with Gasteiger partial charge in [-0.1, -0.05) is 5.16 Å². The number of esters is 1. The van der Waals surface area contributed by atoms with E-state index in [-0.39, 0.29) is 11.3 Å². The SMILES string of the molecule is COC(=O)c1ccc(F)c(NC(=O)N2CCN(Cc3cc(C)on3)CC2)c1. The summed E-state index contributed by atoms with van der Waals surface area (Å²) in [6.07, 6.45) is 0. The highest BCUT2D eigenvalue weighted by Crippen LogP contribution is 2.18. The summed E-state index contributed by atoms with van der Waals surface area (Å²) in [6.45, 7) is 4.84. The molecule has 0 atom stereocenters. The molecule has 1 aliphatic heterocycles. The molecule has 1 aliphatic rings. The van der Waals surface area contributed by atoms with Crippen molar-refractivity contribution >= 4 is 17.7 Å². The number of carbonyl (C=O) groups excluding carboxylic acids is 2. The Morgan fingerprint density at radius 1 is 1.26 bits per heavy atom. The number of benzene rings is 1. The summed E-state index contributed by atoms with van der Waals surface area (Å²) in [6, 6.07) is 5.17. The number of amides is 2. The summed E-state index contributed by atoms with van der Waals surface area (Å²) < 4.78 is 23.6. The Kier molecular flexibility index (Phi) is 5.70. The number of methoxy groups -OCH3 is 1. The molecule has 1 saturated heterocycles. The Morgan fingerprint density at radius 2 is 2.00 bits per heavy atom. The zero-order valence-electron chi connectivity index (χ0n) is 15.2. The fourth-order valence-corrected chi connectivity index (χ4v) is 2.89. The van der Waals surface area contributed by atoms with Crippen molar-refractivity contribution < 1.29 is 23.2 Å². The maximum absolute atomic E-state index is 14.0. The first-order valence-electron chi connectivity index (χ1n) is 8.54. The number of hydrogen-bond donors (Lipinski definition) is 1. The number of ether oxygens (including phenoxy) is 1. The number of hydrogen-bond acceptors (Lipinski definition) is 6. The van der Waals surface area contributed by atoms with E-state index in [1.54, 1.807) is 4.90 Å². The fraction of sp³-hybridized carbons (Fsp3) is 0.389. The maximum atomic E-state index is 14.0. The standard InChI is InChI=1S/C18H21FN4O4/c1-12-9-14(21-27-12)11-22-5-7-23(8-6-22)18(25)20-16-10-13(17(24)26-2)3-4-15(16)19/h3-4,9-10H,5-8,11H2,1-2H3,(H,20,25). The average Bonchev–Trinajstić information content (AvgIpc) is 3.08. The van der Waals surface area contributed by atoms with Crippen LogP contribution in [0.3, 0.4) is 0 Å². The normalized spacial score (nSPS) is 14.9. The topological polar surface area (TPSA) is 87.9 Å². The number of urea groups is 1. The molecule has 9 heteroatoms. The number of anilines is 1. The molecule has 27 heavy (non-hydrogen) atoms. The molecule has 0 saturated carbocycles. The van der Waals surface area contributed by atoms with Crippen LogP contribution in [0.2, 0.25) is 0 Å². The summed E-state index contributed by atoms with van der Waals surface area (Å²) >= 11 is 0. The van der Waals surface area contributed by atoms with Crippen LogP contribution in [-0.2, 0) is 11.3 Å². The highest BCUT2D eigenvalue weighted by atomic mass is 19.1. The Balaban J connectivity index is 1.56. The van der Waals surface area contributed by atoms with Crippen LogP contribution in [0, 0.1) is 12.7 Å². The van der Waals surface area contributed by atoms with E-state index in [9.17, 15) is 14.0 Å². The molecule has 2 heterocycles. The van der Waals surface area contributed by atoms with Gasteiger partial charge in [-0.05, 0) is 25.1 Å². The molecule has 1 aromatic carbocycles. The Bertz CT molecular complexity index is 831. The smallest absolute Gasteiger partial charge is 0.337 e. The number of rotatable bonds is 4. The van der Waals surface area contributed by atoms with Gasteiger partial charge in [0.05, 0.1) is 24.1 Å². The van der Waals surface area contributed by atoms with Crippen LogP contribution in [-0.4, -0.2) is 60.2 Å². The first-order valence-corrected chi connectivity index (χ1v) is 8.54. The molecule has 0 unspecified atom stereocenters. The third-order valence-corrected chi connectivity index (χ3v) is 4.35. The Morgan fingerprint density at radius 3 is 2.63 bits per heavy atom. The molecular weight excluding hydrogens is 355 g/mol. The van der Waals surface area contributed by atoms with Gasteiger partial charge in [0.2, 0.25) is 0 Å². The van der Waals surface area contributed by atoms with Crippen LogP contribution < -0.4 is 5.32 Å². The van der Waals surface area contributed by atoms with E-state index in [0.717, 1.165) is 17.5 Å². The summed E-state index contributed by atoms with van der Waals surface area (Å²) in [7, 11) is 1.24. The molecule has 1 aromatic heterocycles. The van der Waals surface area contributed by atoms with Crippen LogP contribution in [0.25, 0.3) is 0 Å². The van der Waals surface area contributed by atoms with Crippen molar-refractivity contribution in [2.24, 2.45) is 0 Å². The molecule has 1 fully saturated rings. The average molecular weight is 376 g/mol. The van der Waals surface area contributed by atoms with Crippen molar-refractivity contribution in [3.05, 3.63) is 47.1 Å². The largest absolute Gasteiger partial charge is 0.465 e. The second-order valence-electron chi connectivity index (χ2n) is 6.31. The van der Waals surface area contributed by atoms with E-state index in [1.807, 2.05) is 13.0 Å². The summed E-state index contributed by atoms with van der Waals surface area (Å²) in [5.41, 5.74) is 0.970. The van der Waals surface area contributed by atoms with Crippen molar-refractivity contribution in [1.82, 2.24) is 15.0 Å². The molecule has 0 radical (unpaired) electrons. The number of aromatic nitrogens is 1. The predicted octanol–water partition coefficient (Wildman–Crippen LogP) is 2.26. The molecule has 2 aromatic rings. The van der Waals surface area contributed by atoms with E-state index in [4.69, 9.17) is 4.52 Å². The van der Waals surface area contributed by atoms with Crippen LogP contribution in [0.4, 0.5) is 14.9 Å². The zero-order chi connectivity index (χ0) is 19.4. The second-order valence-corrected chi connectivity index (χ2v) is 6.31. The number of halogens is 1. The maximum Gasteiger partial charge on any atom is 0.337 e. The molecule has 0 aliphatic carbocycles. The van der Waals surface area contributed by atoms with Gasteiger partial charge < -0.3 is 19.5 Å². The van der Waals surface area contributed by atoms with E-state index >= 15 is 0 Å². The van der Waals surface area contributed by atoms with Crippen LogP contribution in [0.5, 0.6) is 0 Å². The van der Waals surface area contributed by atoms with E-state index in [2.05, 4.69) is 20.1 Å². The quantitative estimate of drug-likeness (QED) is 0.824. The van der Waals surface area contributed by atoms with Gasteiger partial charge in [-0.3, -0.25) is 4.90 Å². The molecule has 0 bridgehead atoms. The summed E-state index contributed by atoms with van der Waals surface area (Å²) in [4.78, 5) is 27.8. The number of aryl methyl sites for hydroxylation is 1. The number of piperazine rings is 1. The van der Waals surface area contributed by atoms with Crippen molar-refractivity contribution in [3.8, 4) is 0 Å². The van der Waals surface area contributed by atoms with Gasteiger partial charge in [0.25, 0.3) is 0 Å². The summed E-state index contributed by atoms with van der Waals surface area (Å²) in [5, 5.41) is 6.50. The third-order valence-electron chi connectivity index (χ3n) is 4.35. The Hall–Kier alpha value is -2.94. The van der Waals surface area contributed by atoms with E-state index in [1.165, 1.54) is 19.2 Å². The van der Waals surface area contributed by atoms with Gasteiger partial charge in [-0.15, -0.1) is 0 Å². The molecule has 8 nitrogen and oxygen atoms in total. The molecule has 1 N–H and O–H groups in total. The van der Waals surface area contributed by atoms with Gasteiger partial charge in [0, 0.05) is 38.8 Å². The lowest BCUT2D eigenvalue weighted by Crippen LogP contribution is -2.49. The fourth-order valence-electron chi connectivity index (χ4n) is 2.89. The third kappa shape index (κ3) is 4.62. The molecule has 2 amide bonds. The summed E-state index contributed by atoms with van der Waals surface area (Å²) in [5.74, 6) is -0.447. The Labute approximate surface area is 155 Å². The lowest BCUT2D eigenvalue weighted by atomic mass is 10.2.